The summed E-state index contributed by atoms with van der Waals surface area (Å²) in [4.78, 5) is 25.5. The van der Waals surface area contributed by atoms with E-state index < -0.39 is 0 Å². The van der Waals surface area contributed by atoms with Gasteiger partial charge in [0.15, 0.2) is 5.76 Å². The number of carbonyl (C=O) groups excluding carboxylic acids is 2. The van der Waals surface area contributed by atoms with Gasteiger partial charge in [0.1, 0.15) is 11.3 Å². The third-order valence-electron chi connectivity index (χ3n) is 4.86. The number of halogens is 1. The molecule has 0 saturated carbocycles. The minimum Gasteiger partial charge on any atom is -0.496 e. The van der Waals surface area contributed by atoms with E-state index in [1.807, 2.05) is 6.92 Å². The number of hydrogen-bond acceptors (Lipinski definition) is 4. The van der Waals surface area contributed by atoms with Gasteiger partial charge in [-0.1, -0.05) is 23.7 Å². The summed E-state index contributed by atoms with van der Waals surface area (Å²) < 4.78 is 11.1. The minimum absolute atomic E-state index is 0.222. The number of fused-ring (bicyclic) bond motifs is 1. The van der Waals surface area contributed by atoms with Crippen LogP contribution in [-0.2, 0) is 0 Å². The summed E-state index contributed by atoms with van der Waals surface area (Å²) in [6.45, 7) is 1.82. The Balaban J connectivity index is 1.65. The van der Waals surface area contributed by atoms with E-state index in [0.717, 1.165) is 5.39 Å². The summed E-state index contributed by atoms with van der Waals surface area (Å²) in [5, 5.41) is 4.18. The first kappa shape index (κ1) is 19.7. The molecule has 0 saturated heterocycles. The van der Waals surface area contributed by atoms with Gasteiger partial charge >= 0.3 is 0 Å². The fraction of sp³-hybridized carbons (Fsp3) is 0.0833. The standard InChI is InChI=1S/C24H18ClNO4/c1-14-19-13-17(26-24(28)18-5-3-4-6-20(18)29-2)11-12-21(19)30-23(14)22(27)15-7-9-16(25)10-8-15/h3-13H,1-2H3,(H,26,28). The predicted octanol–water partition coefficient (Wildman–Crippen LogP) is 5.89. The number of nitrogens with one attached hydrogen (secondary N) is 1. The van der Waals surface area contributed by atoms with Crippen molar-refractivity contribution in [1.82, 2.24) is 0 Å². The van der Waals surface area contributed by atoms with Gasteiger partial charge < -0.3 is 14.5 Å². The molecule has 30 heavy (non-hydrogen) atoms. The molecule has 0 radical (unpaired) electrons. The Kier molecular flexibility index (Phi) is 5.29. The van der Waals surface area contributed by atoms with Crippen LogP contribution < -0.4 is 10.1 Å². The lowest BCUT2D eigenvalue weighted by atomic mass is 10.0. The van der Waals surface area contributed by atoms with Crippen LogP contribution in [0.15, 0.2) is 71.1 Å². The van der Waals surface area contributed by atoms with Crippen molar-refractivity contribution in [3.63, 3.8) is 0 Å². The van der Waals surface area contributed by atoms with Crippen LogP contribution >= 0.6 is 11.6 Å². The lowest BCUT2D eigenvalue weighted by Gasteiger charge is -2.09. The molecule has 1 aromatic heterocycles. The van der Waals surface area contributed by atoms with Crippen molar-refractivity contribution >= 4 is 39.9 Å². The van der Waals surface area contributed by atoms with Crippen molar-refractivity contribution in [2.75, 3.05) is 12.4 Å². The molecule has 0 aliphatic rings. The number of furan rings is 1. The smallest absolute Gasteiger partial charge is 0.259 e. The number of hydrogen-bond donors (Lipinski definition) is 1. The lowest BCUT2D eigenvalue weighted by molar-refractivity contribution is 0.101. The van der Waals surface area contributed by atoms with E-state index in [0.29, 0.717) is 38.7 Å². The van der Waals surface area contributed by atoms with Crippen LogP contribution in [0, 0.1) is 6.92 Å². The van der Waals surface area contributed by atoms with Crippen molar-refractivity contribution in [1.29, 1.82) is 0 Å². The second kappa shape index (κ2) is 8.05. The molecule has 4 rings (SSSR count). The largest absolute Gasteiger partial charge is 0.496 e. The third kappa shape index (κ3) is 3.67. The maximum Gasteiger partial charge on any atom is 0.259 e. The first-order chi connectivity index (χ1) is 14.5. The number of methoxy groups -OCH3 is 1. The Morgan fingerprint density at radius 3 is 2.47 bits per heavy atom. The summed E-state index contributed by atoms with van der Waals surface area (Å²) >= 11 is 5.90. The van der Waals surface area contributed by atoms with Crippen LogP contribution in [0.1, 0.15) is 32.0 Å². The number of benzene rings is 3. The molecular weight excluding hydrogens is 402 g/mol. The van der Waals surface area contributed by atoms with Crippen LogP contribution in [0.5, 0.6) is 5.75 Å². The van der Waals surface area contributed by atoms with Gasteiger partial charge in [-0.25, -0.2) is 0 Å². The maximum atomic E-state index is 12.8. The zero-order chi connectivity index (χ0) is 21.3. The van der Waals surface area contributed by atoms with Gasteiger partial charge in [-0.3, -0.25) is 9.59 Å². The highest BCUT2D eigenvalue weighted by Gasteiger charge is 2.20. The van der Waals surface area contributed by atoms with E-state index in [-0.39, 0.29) is 17.5 Å². The van der Waals surface area contributed by atoms with Crippen molar-refractivity contribution in [2.24, 2.45) is 0 Å². The van der Waals surface area contributed by atoms with Crippen LogP contribution in [-0.4, -0.2) is 18.8 Å². The number of anilines is 1. The number of amides is 1. The highest BCUT2D eigenvalue weighted by molar-refractivity contribution is 6.30. The fourth-order valence-corrected chi connectivity index (χ4v) is 3.40. The van der Waals surface area contributed by atoms with Crippen molar-refractivity contribution in [3.8, 4) is 5.75 Å². The van der Waals surface area contributed by atoms with Crippen LogP contribution in [0.2, 0.25) is 5.02 Å². The number of carbonyl (C=O) groups is 2. The first-order valence-corrected chi connectivity index (χ1v) is 9.63. The van der Waals surface area contributed by atoms with E-state index in [1.165, 1.54) is 7.11 Å². The van der Waals surface area contributed by atoms with E-state index in [2.05, 4.69) is 5.32 Å². The van der Waals surface area contributed by atoms with Gasteiger partial charge in [0.2, 0.25) is 5.78 Å². The Morgan fingerprint density at radius 2 is 1.73 bits per heavy atom. The van der Waals surface area contributed by atoms with E-state index in [4.69, 9.17) is 20.8 Å². The average molecular weight is 420 g/mol. The second-order valence-electron chi connectivity index (χ2n) is 6.76. The molecule has 0 aliphatic heterocycles. The van der Waals surface area contributed by atoms with Crippen molar-refractivity contribution in [3.05, 3.63) is 94.2 Å². The van der Waals surface area contributed by atoms with Gasteiger partial charge in [-0.2, -0.15) is 0 Å². The number of ether oxygens (including phenoxy) is 1. The predicted molar refractivity (Wildman–Crippen MR) is 117 cm³/mol. The molecule has 0 aliphatic carbocycles. The SMILES string of the molecule is COc1ccccc1C(=O)Nc1ccc2oc(C(=O)c3ccc(Cl)cc3)c(C)c2c1. The molecule has 6 heteroatoms. The molecule has 0 atom stereocenters. The second-order valence-corrected chi connectivity index (χ2v) is 7.19. The van der Waals surface area contributed by atoms with Crippen molar-refractivity contribution in [2.45, 2.75) is 6.92 Å². The number of para-hydroxylation sites is 1. The summed E-state index contributed by atoms with van der Waals surface area (Å²) in [6.07, 6.45) is 0. The molecule has 1 amide bonds. The highest BCUT2D eigenvalue weighted by Crippen LogP contribution is 2.30. The summed E-state index contributed by atoms with van der Waals surface area (Å²) in [5.41, 5.74) is 2.79. The number of aryl methyl sites for hydroxylation is 1. The first-order valence-electron chi connectivity index (χ1n) is 9.25. The molecule has 0 unspecified atom stereocenters. The molecule has 3 aromatic carbocycles. The van der Waals surface area contributed by atoms with Crippen LogP contribution in [0.4, 0.5) is 5.69 Å². The lowest BCUT2D eigenvalue weighted by Crippen LogP contribution is -2.13. The number of ketones is 1. The van der Waals surface area contributed by atoms with Crippen molar-refractivity contribution < 1.29 is 18.7 Å². The Labute approximate surface area is 178 Å². The van der Waals surface area contributed by atoms with E-state index in [1.54, 1.807) is 66.7 Å². The zero-order valence-corrected chi connectivity index (χ0v) is 17.1. The molecule has 1 N–H and O–H groups in total. The molecule has 4 aromatic rings. The molecule has 0 fully saturated rings. The Hall–Kier alpha value is -3.57. The van der Waals surface area contributed by atoms with E-state index >= 15 is 0 Å². The van der Waals surface area contributed by atoms with Gasteiger partial charge in [0, 0.05) is 27.2 Å². The maximum absolute atomic E-state index is 12.8. The minimum atomic E-state index is -0.287. The molecular formula is C24H18ClNO4. The van der Waals surface area contributed by atoms with Gasteiger partial charge in [-0.05, 0) is 61.5 Å². The van der Waals surface area contributed by atoms with Gasteiger partial charge in [0.05, 0.1) is 12.7 Å². The van der Waals surface area contributed by atoms with Crippen LogP contribution in [0.3, 0.4) is 0 Å². The molecule has 0 spiro atoms. The van der Waals surface area contributed by atoms with Gasteiger partial charge in [-0.15, -0.1) is 0 Å². The van der Waals surface area contributed by atoms with Crippen LogP contribution in [0.25, 0.3) is 11.0 Å². The summed E-state index contributed by atoms with van der Waals surface area (Å²) in [5.74, 6) is 0.248. The third-order valence-corrected chi connectivity index (χ3v) is 5.11. The van der Waals surface area contributed by atoms with E-state index in [9.17, 15) is 9.59 Å². The molecule has 5 nitrogen and oxygen atoms in total. The molecule has 150 valence electrons. The Morgan fingerprint density at radius 1 is 1.00 bits per heavy atom. The Bertz CT molecular complexity index is 1260. The molecule has 1 heterocycles. The average Bonchev–Trinajstić information content (AvgIpc) is 3.09. The normalized spacial score (nSPS) is 10.8. The summed E-state index contributed by atoms with van der Waals surface area (Å²) in [7, 11) is 1.52. The monoisotopic (exact) mass is 419 g/mol. The highest BCUT2D eigenvalue weighted by atomic mass is 35.5. The summed E-state index contributed by atoms with van der Waals surface area (Å²) in [6, 6.07) is 18.9. The zero-order valence-electron chi connectivity index (χ0n) is 16.4. The number of rotatable bonds is 5. The fourth-order valence-electron chi connectivity index (χ4n) is 3.28. The topological polar surface area (TPSA) is 68.5 Å². The molecule has 0 bridgehead atoms. The quantitative estimate of drug-likeness (QED) is 0.410. The van der Waals surface area contributed by atoms with Gasteiger partial charge in [0.25, 0.3) is 5.91 Å².